The summed E-state index contributed by atoms with van der Waals surface area (Å²) in [5.41, 5.74) is 15.7. The topological polar surface area (TPSA) is 51.8 Å². The number of benzene rings is 10. The first kappa shape index (κ1) is 38.0. The van der Waals surface area contributed by atoms with Crippen LogP contribution in [0.25, 0.3) is 123 Å². The van der Waals surface area contributed by atoms with Crippen molar-refractivity contribution < 1.29 is 4.42 Å². The van der Waals surface area contributed by atoms with E-state index in [0.29, 0.717) is 17.5 Å². The lowest BCUT2D eigenvalue weighted by Gasteiger charge is -2.13. The lowest BCUT2D eigenvalue weighted by molar-refractivity contribution is 0.670. The van der Waals surface area contributed by atoms with Gasteiger partial charge in [0.1, 0.15) is 11.2 Å². The van der Waals surface area contributed by atoms with Crippen LogP contribution >= 0.6 is 0 Å². The van der Waals surface area contributed by atoms with Crippen molar-refractivity contribution in [3.63, 3.8) is 0 Å². The second kappa shape index (κ2) is 16.2. The van der Waals surface area contributed by atoms with Gasteiger partial charge in [-0.1, -0.05) is 218 Å². The van der Waals surface area contributed by atoms with Crippen LogP contribution in [0.1, 0.15) is 0 Å². The van der Waals surface area contributed by atoms with Gasteiger partial charge in [0.25, 0.3) is 0 Å². The fourth-order valence-electron chi connectivity index (χ4n) is 9.17. The molecule has 0 atom stereocenters. The molecule has 4 nitrogen and oxygen atoms in total. The maximum Gasteiger partial charge on any atom is 0.164 e. The molecule has 10 aromatic carbocycles. The summed E-state index contributed by atoms with van der Waals surface area (Å²) in [6.07, 6.45) is 0. The normalized spacial score (nSPS) is 11.4. The van der Waals surface area contributed by atoms with Gasteiger partial charge in [0, 0.05) is 33.0 Å². The number of furan rings is 1. The van der Waals surface area contributed by atoms with E-state index in [0.717, 1.165) is 93.9 Å². The number of hydrogen-bond donors (Lipinski definition) is 0. The molecule has 0 fully saturated rings. The van der Waals surface area contributed by atoms with E-state index in [-0.39, 0.29) is 0 Å². The molecule has 0 N–H and O–H groups in total. The van der Waals surface area contributed by atoms with Crippen LogP contribution in [-0.2, 0) is 0 Å². The molecular formula is C61H39N3O. The second-order valence-corrected chi connectivity index (χ2v) is 16.3. The summed E-state index contributed by atoms with van der Waals surface area (Å²) in [6.45, 7) is 0. The van der Waals surface area contributed by atoms with E-state index in [9.17, 15) is 0 Å². The minimum absolute atomic E-state index is 0.577. The molecule has 0 aliphatic rings. The van der Waals surface area contributed by atoms with Crippen molar-refractivity contribution in [2.24, 2.45) is 0 Å². The molecule has 2 aromatic heterocycles. The minimum atomic E-state index is 0.577. The van der Waals surface area contributed by atoms with Gasteiger partial charge in [-0.15, -0.1) is 0 Å². The predicted molar refractivity (Wildman–Crippen MR) is 268 cm³/mol. The minimum Gasteiger partial charge on any atom is -0.455 e. The van der Waals surface area contributed by atoms with Gasteiger partial charge >= 0.3 is 0 Å². The molecule has 2 heterocycles. The van der Waals surface area contributed by atoms with Crippen molar-refractivity contribution in [3.05, 3.63) is 237 Å². The lowest BCUT2D eigenvalue weighted by Crippen LogP contribution is -2.01. The summed E-state index contributed by atoms with van der Waals surface area (Å²) >= 11 is 0. The molecule has 0 saturated carbocycles. The maximum absolute atomic E-state index is 6.84. The molecule has 12 aromatic rings. The fourth-order valence-corrected chi connectivity index (χ4v) is 9.17. The van der Waals surface area contributed by atoms with Crippen LogP contribution < -0.4 is 0 Å². The Morgan fingerprint density at radius 3 is 1.34 bits per heavy atom. The van der Waals surface area contributed by atoms with E-state index in [1.807, 2.05) is 24.3 Å². The van der Waals surface area contributed by atoms with Crippen molar-refractivity contribution in [1.29, 1.82) is 0 Å². The Kier molecular flexibility index (Phi) is 9.46. The van der Waals surface area contributed by atoms with Gasteiger partial charge in [-0.3, -0.25) is 0 Å². The Balaban J connectivity index is 1.00. The van der Waals surface area contributed by atoms with Gasteiger partial charge in [0.05, 0.1) is 0 Å². The van der Waals surface area contributed by atoms with Gasteiger partial charge in [-0.05, 0) is 79.0 Å². The third-order valence-electron chi connectivity index (χ3n) is 12.4. The third-order valence-corrected chi connectivity index (χ3v) is 12.4. The van der Waals surface area contributed by atoms with Crippen LogP contribution in [0, 0.1) is 0 Å². The highest BCUT2D eigenvalue weighted by Crippen LogP contribution is 2.42. The molecule has 4 heteroatoms. The SMILES string of the molecule is c1ccc(-c2ccc(-c3cccc(-c4cccc5c4oc4cccc(-c6nc(-c7ccc(-c8ccccc8)cc7)nc(-c7ccc(-c8ccccc8)c8ccccc78)n6)c45)c3)cc2)cc1. The first-order chi connectivity index (χ1) is 32.2. The molecule has 0 aliphatic heterocycles. The van der Waals surface area contributed by atoms with Crippen molar-refractivity contribution in [1.82, 2.24) is 15.0 Å². The molecule has 0 saturated heterocycles. The molecule has 0 unspecified atom stereocenters. The zero-order valence-electron chi connectivity index (χ0n) is 35.3. The molecule has 0 spiro atoms. The first-order valence-corrected chi connectivity index (χ1v) is 21.9. The summed E-state index contributed by atoms with van der Waals surface area (Å²) < 4.78 is 6.84. The van der Waals surface area contributed by atoms with E-state index in [4.69, 9.17) is 19.4 Å². The maximum atomic E-state index is 6.84. The lowest BCUT2D eigenvalue weighted by atomic mass is 9.94. The van der Waals surface area contributed by atoms with Crippen LogP contribution in [0.4, 0.5) is 0 Å². The van der Waals surface area contributed by atoms with Crippen molar-refractivity contribution >= 4 is 32.7 Å². The standard InChI is InChI=1S/C61H39N3O/c1-4-15-40(16-5-1)42-29-31-44(32-30-42)47-21-12-22-48(39-47)50-25-13-26-54-57-55(27-14-28-56(57)65-58(50)54)61-63-59(46-35-33-43(34-36-46)41-17-6-2-7-18-41)62-60(64-61)53-38-37-49(45-19-8-3-9-20-45)51-23-10-11-24-52(51)53/h1-39H. The Morgan fingerprint density at radius 1 is 0.246 bits per heavy atom. The second-order valence-electron chi connectivity index (χ2n) is 16.3. The van der Waals surface area contributed by atoms with E-state index in [2.05, 4.69) is 212 Å². The highest BCUT2D eigenvalue weighted by atomic mass is 16.3. The average Bonchev–Trinajstić information content (AvgIpc) is 3.79. The molecule has 0 bridgehead atoms. The summed E-state index contributed by atoms with van der Waals surface area (Å²) in [5, 5.41) is 4.17. The summed E-state index contributed by atoms with van der Waals surface area (Å²) in [6, 6.07) is 82.8. The number of aromatic nitrogens is 3. The van der Waals surface area contributed by atoms with Crippen molar-refractivity contribution in [3.8, 4) is 89.8 Å². The largest absolute Gasteiger partial charge is 0.455 e. The summed E-state index contributed by atoms with van der Waals surface area (Å²) in [5.74, 6) is 1.78. The van der Waals surface area contributed by atoms with Crippen molar-refractivity contribution in [2.75, 3.05) is 0 Å². The number of nitrogens with zero attached hydrogens (tertiary/aromatic N) is 3. The van der Waals surface area contributed by atoms with E-state index >= 15 is 0 Å². The zero-order chi connectivity index (χ0) is 43.1. The third kappa shape index (κ3) is 7.04. The molecule has 304 valence electrons. The highest BCUT2D eigenvalue weighted by molar-refractivity contribution is 6.15. The summed E-state index contributed by atoms with van der Waals surface area (Å²) in [4.78, 5) is 15.9. The van der Waals surface area contributed by atoms with Crippen LogP contribution in [0.3, 0.4) is 0 Å². The van der Waals surface area contributed by atoms with E-state index < -0.39 is 0 Å². The van der Waals surface area contributed by atoms with Gasteiger partial charge in [-0.2, -0.15) is 0 Å². The van der Waals surface area contributed by atoms with Crippen LogP contribution in [0.5, 0.6) is 0 Å². The van der Waals surface area contributed by atoms with Crippen LogP contribution in [-0.4, -0.2) is 15.0 Å². The fraction of sp³-hybridized carbons (Fsp3) is 0. The van der Waals surface area contributed by atoms with Gasteiger partial charge in [-0.25, -0.2) is 15.0 Å². The molecule has 65 heavy (non-hydrogen) atoms. The molecule has 0 amide bonds. The van der Waals surface area contributed by atoms with Gasteiger partial charge in [0.15, 0.2) is 17.5 Å². The molecule has 12 rings (SSSR count). The number of rotatable bonds is 8. The Bertz CT molecular complexity index is 3670. The van der Waals surface area contributed by atoms with E-state index in [1.54, 1.807) is 0 Å². The average molecular weight is 830 g/mol. The monoisotopic (exact) mass is 829 g/mol. The smallest absolute Gasteiger partial charge is 0.164 e. The Labute approximate surface area is 376 Å². The van der Waals surface area contributed by atoms with Crippen molar-refractivity contribution in [2.45, 2.75) is 0 Å². The zero-order valence-corrected chi connectivity index (χ0v) is 35.3. The van der Waals surface area contributed by atoms with Crippen LogP contribution in [0.2, 0.25) is 0 Å². The highest BCUT2D eigenvalue weighted by Gasteiger charge is 2.21. The Hall–Kier alpha value is -8.73. The Morgan fingerprint density at radius 2 is 0.677 bits per heavy atom. The summed E-state index contributed by atoms with van der Waals surface area (Å²) in [7, 11) is 0. The number of para-hydroxylation sites is 1. The number of hydrogen-bond acceptors (Lipinski definition) is 4. The van der Waals surface area contributed by atoms with E-state index in [1.165, 1.54) is 11.1 Å². The van der Waals surface area contributed by atoms with Gasteiger partial charge in [0.2, 0.25) is 0 Å². The molecule has 0 radical (unpaired) electrons. The van der Waals surface area contributed by atoms with Gasteiger partial charge < -0.3 is 4.42 Å². The quantitative estimate of drug-likeness (QED) is 0.153. The van der Waals surface area contributed by atoms with Crippen LogP contribution in [0.15, 0.2) is 241 Å². The number of fused-ring (bicyclic) bond motifs is 4. The first-order valence-electron chi connectivity index (χ1n) is 21.9. The molecular weight excluding hydrogens is 791 g/mol. The molecule has 0 aliphatic carbocycles. The predicted octanol–water partition coefficient (Wildman–Crippen LogP) is 16.3.